The predicted octanol–water partition coefficient (Wildman–Crippen LogP) is 5.21. The maximum atomic E-state index is 13.1. The highest BCUT2D eigenvalue weighted by atomic mass is 32.2. The standard InChI is InChI=1S/C24H37NO2S/c1-22(2,3)14-25-21(27)18-8-7-16-15-6-9-19-24(5,13-11-20(26)28-19)17(15)10-12-23(16,18)4/h11,13,15-19H,6-10,12,14H2,1-5H3,(H,25,27)/t15-,16-,17+,18?,19?,23-,24+/m0/s1. The lowest BCUT2D eigenvalue weighted by Crippen LogP contribution is -2.54. The van der Waals surface area contributed by atoms with Gasteiger partial charge in [0, 0.05) is 23.1 Å². The molecule has 7 atom stereocenters. The molecule has 3 fully saturated rings. The minimum absolute atomic E-state index is 0.127. The Bertz CT molecular complexity index is 695. The Labute approximate surface area is 174 Å². The van der Waals surface area contributed by atoms with Crippen LogP contribution in [0.1, 0.15) is 73.1 Å². The van der Waals surface area contributed by atoms with Crippen molar-refractivity contribution >= 4 is 22.8 Å². The first-order valence-electron chi connectivity index (χ1n) is 11.2. The highest BCUT2D eigenvalue weighted by molar-refractivity contribution is 8.14. The van der Waals surface area contributed by atoms with Crippen LogP contribution in [0.4, 0.5) is 0 Å². The molecule has 0 radical (unpaired) electrons. The van der Waals surface area contributed by atoms with E-state index in [1.807, 2.05) is 6.08 Å². The van der Waals surface area contributed by atoms with E-state index in [0.29, 0.717) is 23.0 Å². The summed E-state index contributed by atoms with van der Waals surface area (Å²) >= 11 is 1.57. The molecule has 4 aliphatic rings. The highest BCUT2D eigenvalue weighted by Gasteiger charge is 2.60. The van der Waals surface area contributed by atoms with Gasteiger partial charge in [0.2, 0.25) is 11.0 Å². The number of fused-ring (bicyclic) bond motifs is 5. The van der Waals surface area contributed by atoms with E-state index in [-0.39, 0.29) is 33.2 Å². The van der Waals surface area contributed by atoms with Crippen molar-refractivity contribution in [1.29, 1.82) is 0 Å². The zero-order chi connectivity index (χ0) is 20.3. The summed E-state index contributed by atoms with van der Waals surface area (Å²) in [4.78, 5) is 25.0. The predicted molar refractivity (Wildman–Crippen MR) is 116 cm³/mol. The monoisotopic (exact) mass is 403 g/mol. The molecule has 28 heavy (non-hydrogen) atoms. The minimum atomic E-state index is 0.127. The lowest BCUT2D eigenvalue weighted by atomic mass is 9.49. The molecule has 3 aliphatic carbocycles. The number of amides is 1. The Kier molecular flexibility index (Phi) is 5.04. The maximum Gasteiger partial charge on any atom is 0.223 e. The first kappa shape index (κ1) is 20.5. The zero-order valence-electron chi connectivity index (χ0n) is 18.2. The number of rotatable bonds is 2. The van der Waals surface area contributed by atoms with Crippen LogP contribution in [-0.4, -0.2) is 22.8 Å². The lowest BCUT2D eigenvalue weighted by Gasteiger charge is -2.58. The van der Waals surface area contributed by atoms with Crippen molar-refractivity contribution in [3.8, 4) is 0 Å². The Hall–Kier alpha value is -0.770. The molecule has 1 amide bonds. The molecule has 0 bridgehead atoms. The third-order valence-electron chi connectivity index (χ3n) is 8.64. The van der Waals surface area contributed by atoms with Crippen LogP contribution in [0.3, 0.4) is 0 Å². The first-order valence-corrected chi connectivity index (χ1v) is 12.1. The topological polar surface area (TPSA) is 46.2 Å². The fraction of sp³-hybridized carbons (Fsp3) is 0.833. The molecule has 4 rings (SSSR count). The van der Waals surface area contributed by atoms with Crippen molar-refractivity contribution in [3.63, 3.8) is 0 Å². The van der Waals surface area contributed by atoms with Gasteiger partial charge in [0.25, 0.3) is 0 Å². The van der Waals surface area contributed by atoms with Crippen LogP contribution in [0.5, 0.6) is 0 Å². The summed E-state index contributed by atoms with van der Waals surface area (Å²) in [5, 5.41) is 3.94. The molecule has 156 valence electrons. The van der Waals surface area contributed by atoms with Crippen molar-refractivity contribution in [3.05, 3.63) is 12.2 Å². The van der Waals surface area contributed by atoms with Crippen LogP contribution in [-0.2, 0) is 9.59 Å². The molecule has 3 saturated carbocycles. The van der Waals surface area contributed by atoms with Gasteiger partial charge >= 0.3 is 0 Å². The van der Waals surface area contributed by atoms with Gasteiger partial charge in [-0.15, -0.1) is 0 Å². The van der Waals surface area contributed by atoms with E-state index in [1.54, 1.807) is 11.8 Å². The molecular weight excluding hydrogens is 366 g/mol. The molecule has 3 nitrogen and oxygen atoms in total. The number of allylic oxidation sites excluding steroid dienone is 1. The number of hydrogen-bond acceptors (Lipinski definition) is 3. The van der Waals surface area contributed by atoms with Gasteiger partial charge in [-0.2, -0.15) is 0 Å². The van der Waals surface area contributed by atoms with Crippen LogP contribution < -0.4 is 5.32 Å². The Morgan fingerprint density at radius 3 is 2.61 bits per heavy atom. The SMILES string of the molecule is CC(C)(C)CNC(=O)C1CC[C@H]2[C@@H]3CCC4SC(=O)C=C[C@]4(C)[C@@H]3CC[C@]12C. The van der Waals surface area contributed by atoms with Crippen LogP contribution in [0, 0.1) is 39.9 Å². The summed E-state index contributed by atoms with van der Waals surface area (Å²) < 4.78 is 0. The minimum Gasteiger partial charge on any atom is -0.355 e. The van der Waals surface area contributed by atoms with Gasteiger partial charge in [0.1, 0.15) is 0 Å². The largest absolute Gasteiger partial charge is 0.355 e. The molecule has 1 aliphatic heterocycles. The van der Waals surface area contributed by atoms with Crippen LogP contribution in [0.15, 0.2) is 12.2 Å². The molecule has 4 heteroatoms. The van der Waals surface area contributed by atoms with Gasteiger partial charge in [-0.3, -0.25) is 9.59 Å². The molecule has 0 spiro atoms. The number of thioether (sulfide) groups is 1. The van der Waals surface area contributed by atoms with E-state index in [2.05, 4.69) is 46.0 Å². The van der Waals surface area contributed by atoms with E-state index in [0.717, 1.165) is 25.8 Å². The van der Waals surface area contributed by atoms with Crippen molar-refractivity contribution in [2.45, 2.75) is 78.4 Å². The molecule has 2 unspecified atom stereocenters. The molecule has 0 aromatic heterocycles. The molecule has 0 saturated heterocycles. The summed E-state index contributed by atoms with van der Waals surface area (Å²) in [6, 6.07) is 0. The maximum absolute atomic E-state index is 13.1. The quantitative estimate of drug-likeness (QED) is 0.689. The van der Waals surface area contributed by atoms with Gasteiger partial charge in [0.05, 0.1) is 0 Å². The van der Waals surface area contributed by atoms with Crippen LogP contribution in [0.25, 0.3) is 0 Å². The van der Waals surface area contributed by atoms with Crippen molar-refractivity contribution in [2.75, 3.05) is 6.54 Å². The highest BCUT2D eigenvalue weighted by Crippen LogP contribution is 2.66. The molecule has 0 aromatic carbocycles. The van der Waals surface area contributed by atoms with Crippen molar-refractivity contribution < 1.29 is 9.59 Å². The van der Waals surface area contributed by atoms with Crippen molar-refractivity contribution in [1.82, 2.24) is 5.32 Å². The summed E-state index contributed by atoms with van der Waals surface area (Å²) in [7, 11) is 0. The lowest BCUT2D eigenvalue weighted by molar-refractivity contribution is -0.132. The summed E-state index contributed by atoms with van der Waals surface area (Å²) in [6.07, 6.45) is 11.0. The fourth-order valence-electron chi connectivity index (χ4n) is 7.11. The Balaban J connectivity index is 1.53. The van der Waals surface area contributed by atoms with E-state index in [9.17, 15) is 9.59 Å². The third-order valence-corrected chi connectivity index (χ3v) is 10.0. The van der Waals surface area contributed by atoms with E-state index < -0.39 is 0 Å². The zero-order valence-corrected chi connectivity index (χ0v) is 19.0. The second-order valence-corrected chi connectivity index (χ2v) is 12.7. The number of nitrogens with one attached hydrogen (secondary N) is 1. The second kappa shape index (κ2) is 6.89. The first-order chi connectivity index (χ1) is 13.0. The second-order valence-electron chi connectivity index (χ2n) is 11.5. The number of carbonyl (C=O) groups is 2. The Morgan fingerprint density at radius 1 is 1.14 bits per heavy atom. The average molecular weight is 404 g/mol. The third kappa shape index (κ3) is 3.28. The normalized spacial score (nSPS) is 45.2. The number of hydrogen-bond donors (Lipinski definition) is 1. The molecule has 1 heterocycles. The van der Waals surface area contributed by atoms with Crippen molar-refractivity contribution in [2.24, 2.45) is 39.9 Å². The average Bonchev–Trinajstić information content (AvgIpc) is 2.97. The van der Waals surface area contributed by atoms with Gasteiger partial charge in [0.15, 0.2) is 0 Å². The van der Waals surface area contributed by atoms with Gasteiger partial charge < -0.3 is 5.32 Å². The molecule has 1 N–H and O–H groups in total. The number of carbonyl (C=O) groups excluding carboxylic acids is 2. The van der Waals surface area contributed by atoms with E-state index in [1.165, 1.54) is 19.3 Å². The van der Waals surface area contributed by atoms with Crippen LogP contribution >= 0.6 is 11.8 Å². The van der Waals surface area contributed by atoms with Gasteiger partial charge in [-0.1, -0.05) is 52.5 Å². The van der Waals surface area contributed by atoms with Gasteiger partial charge in [-0.05, 0) is 73.2 Å². The van der Waals surface area contributed by atoms with E-state index >= 15 is 0 Å². The molecule has 0 aromatic rings. The molecular formula is C24H37NO2S. The van der Waals surface area contributed by atoms with E-state index in [4.69, 9.17) is 0 Å². The van der Waals surface area contributed by atoms with Crippen LogP contribution in [0.2, 0.25) is 0 Å². The summed E-state index contributed by atoms with van der Waals surface area (Å²) in [6.45, 7) is 12.1. The smallest absolute Gasteiger partial charge is 0.223 e. The van der Waals surface area contributed by atoms with Gasteiger partial charge in [-0.25, -0.2) is 0 Å². The summed E-state index contributed by atoms with van der Waals surface area (Å²) in [5.74, 6) is 2.49. The Morgan fingerprint density at radius 2 is 1.89 bits per heavy atom. The summed E-state index contributed by atoms with van der Waals surface area (Å²) in [5.41, 5.74) is 0.421. The fourth-order valence-corrected chi connectivity index (χ4v) is 8.29.